The van der Waals surface area contributed by atoms with Crippen molar-refractivity contribution in [3.8, 4) is 16.8 Å². The first kappa shape index (κ1) is 29.5. The summed E-state index contributed by atoms with van der Waals surface area (Å²) in [4.78, 5) is 50.5. The summed E-state index contributed by atoms with van der Waals surface area (Å²) < 4.78 is 5.39. The summed E-state index contributed by atoms with van der Waals surface area (Å²) in [6.45, 7) is 5.93. The van der Waals surface area contributed by atoms with Gasteiger partial charge in [0.05, 0.1) is 11.4 Å². The zero-order chi connectivity index (χ0) is 31.9. The van der Waals surface area contributed by atoms with E-state index in [-0.39, 0.29) is 28.9 Å². The van der Waals surface area contributed by atoms with Crippen LogP contribution in [0.15, 0.2) is 65.8 Å². The number of likely N-dealkylation sites (tertiary alicyclic amines) is 1. The molecule has 0 atom stereocenters. The second-order valence-electron chi connectivity index (χ2n) is 12.4. The molecule has 0 saturated carbocycles. The fourth-order valence-electron chi connectivity index (χ4n) is 6.86. The van der Waals surface area contributed by atoms with Gasteiger partial charge in [0.25, 0.3) is 11.5 Å². The number of benzene rings is 1. The van der Waals surface area contributed by atoms with Crippen molar-refractivity contribution in [3.05, 3.63) is 88.4 Å². The molecule has 0 spiro atoms. The van der Waals surface area contributed by atoms with Crippen molar-refractivity contribution in [1.29, 1.82) is 0 Å². The lowest BCUT2D eigenvalue weighted by Crippen LogP contribution is -2.40. The lowest BCUT2D eigenvalue weighted by atomic mass is 9.92. The largest absolute Gasteiger partial charge is 0.382 e. The van der Waals surface area contributed by atoms with Crippen LogP contribution in [0.1, 0.15) is 67.2 Å². The second-order valence-corrected chi connectivity index (χ2v) is 12.4. The molecule has 0 unspecified atom stereocenters. The van der Waals surface area contributed by atoms with Crippen LogP contribution in [0.4, 0.5) is 11.6 Å². The number of fused-ring (bicyclic) bond motifs is 2. The molecule has 1 saturated heterocycles. The van der Waals surface area contributed by atoms with Gasteiger partial charge in [-0.05, 0) is 62.4 Å². The summed E-state index contributed by atoms with van der Waals surface area (Å²) in [7, 11) is 0. The number of nitrogen functional groups attached to an aromatic ring is 1. The highest BCUT2D eigenvalue weighted by Gasteiger charge is 2.30. The third-order valence-electron chi connectivity index (χ3n) is 9.15. The van der Waals surface area contributed by atoms with Crippen LogP contribution in [0.3, 0.4) is 0 Å². The minimum absolute atomic E-state index is 0.0213. The number of para-hydroxylation sites is 1. The number of piperidine rings is 1. The van der Waals surface area contributed by atoms with E-state index in [1.165, 1.54) is 6.33 Å². The Balaban J connectivity index is 1.16. The quantitative estimate of drug-likeness (QED) is 0.289. The molecule has 12 nitrogen and oxygen atoms in total. The van der Waals surface area contributed by atoms with Crippen LogP contribution in [-0.4, -0.2) is 58.7 Å². The predicted octanol–water partition coefficient (Wildman–Crippen LogP) is 4.28. The molecule has 2 aliphatic heterocycles. The molecule has 5 aromatic rings. The summed E-state index contributed by atoms with van der Waals surface area (Å²) in [5, 5.41) is 7.39. The van der Waals surface area contributed by atoms with Crippen molar-refractivity contribution in [3.63, 3.8) is 0 Å². The molecule has 4 aromatic heterocycles. The number of hydrogen-bond acceptors (Lipinski definition) is 7. The van der Waals surface area contributed by atoms with Crippen LogP contribution in [0.5, 0.6) is 0 Å². The number of rotatable bonds is 6. The number of amides is 2. The Bertz CT molecular complexity index is 1980. The molecule has 0 bridgehead atoms. The molecule has 2 amide bonds. The van der Waals surface area contributed by atoms with Gasteiger partial charge in [0.2, 0.25) is 5.91 Å². The first-order chi connectivity index (χ1) is 22.3. The average molecular weight is 620 g/mol. The van der Waals surface area contributed by atoms with Crippen molar-refractivity contribution in [2.24, 2.45) is 5.92 Å². The SMILES string of the molecule is CC(C)C(=O)N1CCC(c2cc(-c3ccc(NC(=O)c4c5n(n(-c6ccccc6)c4=O)CCCC5)nc3)c3c(N)ncnn23)CC1. The fraction of sp³-hybridized carbons (Fsp3) is 0.353. The zero-order valence-corrected chi connectivity index (χ0v) is 26.0. The second kappa shape index (κ2) is 11.9. The maximum atomic E-state index is 13.6. The molecule has 12 heteroatoms. The first-order valence-electron chi connectivity index (χ1n) is 15.9. The smallest absolute Gasteiger partial charge is 0.284 e. The number of nitrogens with two attached hydrogens (primary N) is 1. The van der Waals surface area contributed by atoms with Gasteiger partial charge in [0.15, 0.2) is 5.82 Å². The first-order valence-corrected chi connectivity index (χ1v) is 15.9. The predicted molar refractivity (Wildman–Crippen MR) is 175 cm³/mol. The Morgan fingerprint density at radius 3 is 2.50 bits per heavy atom. The number of nitrogens with one attached hydrogen (secondary N) is 1. The van der Waals surface area contributed by atoms with E-state index in [9.17, 15) is 14.4 Å². The van der Waals surface area contributed by atoms with Gasteiger partial charge in [-0.3, -0.25) is 19.1 Å². The monoisotopic (exact) mass is 619 g/mol. The van der Waals surface area contributed by atoms with Crippen molar-refractivity contribution in [2.45, 2.75) is 58.4 Å². The van der Waals surface area contributed by atoms with E-state index in [1.807, 2.05) is 64.3 Å². The van der Waals surface area contributed by atoms with Crippen LogP contribution in [0.25, 0.3) is 22.3 Å². The standard InChI is InChI=1S/C34H37N9O3/c1-21(2)33(45)40-16-13-22(14-17-40)27-18-25(30-31(35)37-20-38-42(27)30)23-11-12-28(36-19-23)39-32(44)29-26-10-6-7-15-41(26)43(34(29)46)24-8-4-3-5-9-24/h3-5,8-9,11-12,18-22H,6-7,10,13-17H2,1-2H3,(H2,35,37,38)(H,36,39,44). The molecule has 7 rings (SSSR count). The zero-order valence-electron chi connectivity index (χ0n) is 26.0. The van der Waals surface area contributed by atoms with Crippen molar-refractivity contribution < 1.29 is 9.59 Å². The van der Waals surface area contributed by atoms with Crippen LogP contribution in [-0.2, 0) is 17.8 Å². The molecular formula is C34H37N9O3. The third-order valence-corrected chi connectivity index (χ3v) is 9.15. The molecule has 6 heterocycles. The van der Waals surface area contributed by atoms with Gasteiger partial charge in [-0.1, -0.05) is 32.0 Å². The van der Waals surface area contributed by atoms with E-state index in [2.05, 4.69) is 26.4 Å². The van der Waals surface area contributed by atoms with Crippen LogP contribution < -0.4 is 16.6 Å². The van der Waals surface area contributed by atoms with Crippen LogP contribution >= 0.6 is 0 Å². The topological polar surface area (TPSA) is 145 Å². The van der Waals surface area contributed by atoms with Crippen LogP contribution in [0, 0.1) is 5.92 Å². The maximum Gasteiger partial charge on any atom is 0.284 e. The number of anilines is 2. The average Bonchev–Trinajstić information content (AvgIpc) is 3.61. The summed E-state index contributed by atoms with van der Waals surface area (Å²) in [6.07, 6.45) is 7.31. The number of carbonyl (C=O) groups excluding carboxylic acids is 2. The van der Waals surface area contributed by atoms with E-state index in [4.69, 9.17) is 5.73 Å². The minimum Gasteiger partial charge on any atom is -0.382 e. The summed E-state index contributed by atoms with van der Waals surface area (Å²) in [6, 6.07) is 15.1. The van der Waals surface area contributed by atoms with Crippen LogP contribution in [0.2, 0.25) is 0 Å². The molecule has 0 radical (unpaired) electrons. The summed E-state index contributed by atoms with van der Waals surface area (Å²) in [5.41, 5.74) is 11.0. The van der Waals surface area contributed by atoms with Gasteiger partial charge < -0.3 is 16.0 Å². The number of hydrogen-bond donors (Lipinski definition) is 2. The minimum atomic E-state index is -0.470. The van der Waals surface area contributed by atoms with Crippen molar-refractivity contribution in [1.82, 2.24) is 33.8 Å². The van der Waals surface area contributed by atoms with Crippen molar-refractivity contribution in [2.75, 3.05) is 24.1 Å². The molecule has 2 aliphatic rings. The van der Waals surface area contributed by atoms with E-state index in [0.717, 1.165) is 53.9 Å². The number of aromatic nitrogens is 6. The summed E-state index contributed by atoms with van der Waals surface area (Å²) >= 11 is 0. The van der Waals surface area contributed by atoms with Gasteiger partial charge >= 0.3 is 0 Å². The van der Waals surface area contributed by atoms with Crippen molar-refractivity contribution >= 4 is 29.0 Å². The normalized spacial score (nSPS) is 15.3. The van der Waals surface area contributed by atoms with Gasteiger partial charge in [-0.15, -0.1) is 0 Å². The Morgan fingerprint density at radius 1 is 1.00 bits per heavy atom. The van der Waals surface area contributed by atoms with Gasteiger partial charge in [0, 0.05) is 54.5 Å². The highest BCUT2D eigenvalue weighted by molar-refractivity contribution is 6.04. The van der Waals surface area contributed by atoms with E-state index < -0.39 is 5.91 Å². The molecule has 1 aromatic carbocycles. The molecule has 46 heavy (non-hydrogen) atoms. The summed E-state index contributed by atoms with van der Waals surface area (Å²) in [5.74, 6) is 0.586. The Morgan fingerprint density at radius 2 is 1.78 bits per heavy atom. The van der Waals surface area contributed by atoms with Gasteiger partial charge in [-0.25, -0.2) is 19.2 Å². The lowest BCUT2D eigenvalue weighted by molar-refractivity contribution is -0.135. The maximum absolute atomic E-state index is 13.6. The van der Waals surface area contributed by atoms with Gasteiger partial charge in [-0.2, -0.15) is 5.10 Å². The Labute approximate surface area is 265 Å². The van der Waals surface area contributed by atoms with E-state index in [1.54, 1.807) is 16.9 Å². The molecule has 236 valence electrons. The highest BCUT2D eigenvalue weighted by Crippen LogP contribution is 2.37. The third kappa shape index (κ3) is 5.13. The molecular weight excluding hydrogens is 582 g/mol. The lowest BCUT2D eigenvalue weighted by Gasteiger charge is -2.33. The Hall–Kier alpha value is -5.26. The Kier molecular flexibility index (Phi) is 7.63. The molecule has 1 fully saturated rings. The van der Waals surface area contributed by atoms with E-state index >= 15 is 0 Å². The fourth-order valence-corrected chi connectivity index (χ4v) is 6.86. The van der Waals surface area contributed by atoms with Gasteiger partial charge in [0.1, 0.15) is 23.2 Å². The molecule has 0 aliphatic carbocycles. The number of carbonyl (C=O) groups is 2. The highest BCUT2D eigenvalue weighted by atomic mass is 16.2. The number of nitrogens with zero attached hydrogens (tertiary/aromatic N) is 7. The van der Waals surface area contributed by atoms with E-state index in [0.29, 0.717) is 43.2 Å². The number of pyridine rings is 1. The molecule has 3 N–H and O–H groups in total.